The highest BCUT2D eigenvalue weighted by Crippen LogP contribution is 2.24. The first-order chi connectivity index (χ1) is 7.32. The number of rotatable bonds is 4. The molecule has 3 atom stereocenters. The molecule has 0 aromatic carbocycles. The van der Waals surface area contributed by atoms with Crippen molar-refractivity contribution in [3.05, 3.63) is 12.2 Å². The van der Waals surface area contributed by atoms with Gasteiger partial charge in [-0.3, -0.25) is 0 Å². The lowest BCUT2D eigenvalue weighted by Crippen LogP contribution is -2.29. The van der Waals surface area contributed by atoms with E-state index in [0.29, 0.717) is 6.61 Å². The molecule has 0 aliphatic carbocycles. The quantitative estimate of drug-likeness (QED) is 0.709. The van der Waals surface area contributed by atoms with Gasteiger partial charge in [0.05, 0.1) is 12.7 Å². The van der Waals surface area contributed by atoms with Crippen LogP contribution in [-0.2, 0) is 9.47 Å². The topological polar surface area (TPSA) is 58.9 Å². The predicted octanol–water partition coefficient (Wildman–Crippen LogP) is 1.07. The fourth-order valence-corrected chi connectivity index (χ4v) is 1.46. The highest BCUT2D eigenvalue weighted by Gasteiger charge is 2.35. The standard InChI is InChI=1S/C12H22O4/c1-8(2)9(13)5-6-10(14)11-7-15-12(3,4)16-11/h5-6,8-11,13-14H,7H2,1-4H3/b6-5-/t9?,10?,11-/m1/s1. The van der Waals surface area contributed by atoms with Crippen molar-refractivity contribution in [3.63, 3.8) is 0 Å². The van der Waals surface area contributed by atoms with E-state index in [2.05, 4.69) is 0 Å². The maximum atomic E-state index is 9.81. The zero-order valence-corrected chi connectivity index (χ0v) is 10.4. The van der Waals surface area contributed by atoms with Crippen molar-refractivity contribution in [3.8, 4) is 0 Å². The maximum Gasteiger partial charge on any atom is 0.163 e. The first kappa shape index (κ1) is 13.6. The Morgan fingerprint density at radius 1 is 1.25 bits per heavy atom. The molecule has 1 saturated heterocycles. The summed E-state index contributed by atoms with van der Waals surface area (Å²) in [6, 6.07) is 0. The van der Waals surface area contributed by atoms with Crippen LogP contribution in [0.5, 0.6) is 0 Å². The summed E-state index contributed by atoms with van der Waals surface area (Å²) in [7, 11) is 0. The van der Waals surface area contributed by atoms with Crippen molar-refractivity contribution >= 4 is 0 Å². The minimum Gasteiger partial charge on any atom is -0.389 e. The van der Waals surface area contributed by atoms with Gasteiger partial charge in [0.15, 0.2) is 5.79 Å². The molecule has 0 radical (unpaired) electrons. The highest BCUT2D eigenvalue weighted by molar-refractivity contribution is 4.98. The molecule has 2 N–H and O–H groups in total. The van der Waals surface area contributed by atoms with Crippen LogP contribution in [0.4, 0.5) is 0 Å². The van der Waals surface area contributed by atoms with Crippen LogP contribution in [0, 0.1) is 5.92 Å². The first-order valence-corrected chi connectivity index (χ1v) is 5.68. The second-order valence-corrected chi connectivity index (χ2v) is 4.98. The summed E-state index contributed by atoms with van der Waals surface area (Å²) in [5.41, 5.74) is 0. The fourth-order valence-electron chi connectivity index (χ4n) is 1.46. The normalized spacial score (nSPS) is 28.8. The average molecular weight is 230 g/mol. The van der Waals surface area contributed by atoms with Crippen molar-refractivity contribution in [2.24, 2.45) is 5.92 Å². The Morgan fingerprint density at radius 2 is 1.88 bits per heavy atom. The van der Waals surface area contributed by atoms with Gasteiger partial charge in [0.1, 0.15) is 12.2 Å². The molecule has 2 unspecified atom stereocenters. The molecule has 1 aliphatic heterocycles. The maximum absolute atomic E-state index is 9.81. The molecule has 0 spiro atoms. The lowest BCUT2D eigenvalue weighted by molar-refractivity contribution is -0.147. The van der Waals surface area contributed by atoms with Crippen LogP contribution in [-0.4, -0.2) is 40.9 Å². The van der Waals surface area contributed by atoms with E-state index in [-0.39, 0.29) is 12.0 Å². The number of hydrogen-bond acceptors (Lipinski definition) is 4. The molecule has 1 aliphatic rings. The van der Waals surface area contributed by atoms with Crippen LogP contribution in [0.1, 0.15) is 27.7 Å². The fraction of sp³-hybridized carbons (Fsp3) is 0.833. The second kappa shape index (κ2) is 5.27. The number of ether oxygens (including phenoxy) is 2. The summed E-state index contributed by atoms with van der Waals surface area (Å²) in [5, 5.41) is 19.4. The van der Waals surface area contributed by atoms with Gasteiger partial charge in [-0.2, -0.15) is 0 Å². The van der Waals surface area contributed by atoms with Crippen LogP contribution in [0.2, 0.25) is 0 Å². The molecule has 0 saturated carbocycles. The van der Waals surface area contributed by atoms with Crippen molar-refractivity contribution in [1.29, 1.82) is 0 Å². The van der Waals surface area contributed by atoms with E-state index in [9.17, 15) is 10.2 Å². The first-order valence-electron chi connectivity index (χ1n) is 5.68. The Kier molecular flexibility index (Phi) is 4.50. The van der Waals surface area contributed by atoms with Gasteiger partial charge in [-0.25, -0.2) is 0 Å². The Morgan fingerprint density at radius 3 is 2.31 bits per heavy atom. The minimum absolute atomic E-state index is 0.139. The van der Waals surface area contributed by atoms with Crippen LogP contribution >= 0.6 is 0 Å². The zero-order valence-electron chi connectivity index (χ0n) is 10.4. The largest absolute Gasteiger partial charge is 0.389 e. The second-order valence-electron chi connectivity index (χ2n) is 4.98. The molecule has 16 heavy (non-hydrogen) atoms. The van der Waals surface area contributed by atoms with Crippen molar-refractivity contribution in [2.75, 3.05) is 6.61 Å². The van der Waals surface area contributed by atoms with E-state index in [1.54, 1.807) is 12.2 Å². The van der Waals surface area contributed by atoms with E-state index in [1.165, 1.54) is 0 Å². The molecular formula is C12H22O4. The number of aliphatic hydroxyl groups excluding tert-OH is 2. The van der Waals surface area contributed by atoms with Crippen molar-refractivity contribution in [1.82, 2.24) is 0 Å². The summed E-state index contributed by atoms with van der Waals surface area (Å²) < 4.78 is 10.8. The Balaban J connectivity index is 2.44. The van der Waals surface area contributed by atoms with Gasteiger partial charge >= 0.3 is 0 Å². The summed E-state index contributed by atoms with van der Waals surface area (Å²) in [5.74, 6) is -0.489. The Hall–Kier alpha value is -0.420. The summed E-state index contributed by atoms with van der Waals surface area (Å²) in [4.78, 5) is 0. The monoisotopic (exact) mass is 230 g/mol. The molecule has 94 valence electrons. The molecule has 0 amide bonds. The SMILES string of the molecule is CC(C)C(O)/C=C\C(O)[C@H]1COC(C)(C)O1. The van der Waals surface area contributed by atoms with E-state index in [1.807, 2.05) is 27.7 Å². The molecule has 0 bridgehead atoms. The minimum atomic E-state index is -0.741. The van der Waals surface area contributed by atoms with Crippen molar-refractivity contribution in [2.45, 2.75) is 51.8 Å². The van der Waals surface area contributed by atoms with Crippen LogP contribution in [0.3, 0.4) is 0 Å². The zero-order chi connectivity index (χ0) is 12.3. The lowest BCUT2D eigenvalue weighted by atomic mass is 10.1. The van der Waals surface area contributed by atoms with Gasteiger partial charge < -0.3 is 19.7 Å². The van der Waals surface area contributed by atoms with Crippen molar-refractivity contribution < 1.29 is 19.7 Å². The van der Waals surface area contributed by atoms with Gasteiger partial charge in [0, 0.05) is 0 Å². The molecule has 0 aromatic rings. The summed E-state index contributed by atoms with van der Waals surface area (Å²) in [6.45, 7) is 7.83. The van der Waals surface area contributed by atoms with E-state index < -0.39 is 18.0 Å². The predicted molar refractivity (Wildman–Crippen MR) is 60.9 cm³/mol. The van der Waals surface area contributed by atoms with Gasteiger partial charge in [0.2, 0.25) is 0 Å². The molecule has 1 heterocycles. The van der Waals surface area contributed by atoms with Gasteiger partial charge in [-0.05, 0) is 19.8 Å². The molecule has 1 rings (SSSR count). The Bertz CT molecular complexity index is 247. The number of hydrogen-bond donors (Lipinski definition) is 2. The van der Waals surface area contributed by atoms with E-state index >= 15 is 0 Å². The Labute approximate surface area is 96.9 Å². The van der Waals surface area contributed by atoms with Crippen LogP contribution < -0.4 is 0 Å². The summed E-state index contributed by atoms with van der Waals surface area (Å²) in [6.07, 6.45) is 1.54. The third kappa shape index (κ3) is 3.87. The van der Waals surface area contributed by atoms with E-state index in [4.69, 9.17) is 9.47 Å². The van der Waals surface area contributed by atoms with Gasteiger partial charge in [0.25, 0.3) is 0 Å². The third-order valence-electron chi connectivity index (χ3n) is 2.60. The third-order valence-corrected chi connectivity index (χ3v) is 2.60. The lowest BCUT2D eigenvalue weighted by Gasteiger charge is -2.19. The van der Waals surface area contributed by atoms with Gasteiger partial charge in [-0.1, -0.05) is 26.0 Å². The molecular weight excluding hydrogens is 208 g/mol. The van der Waals surface area contributed by atoms with Crippen LogP contribution in [0.25, 0.3) is 0 Å². The van der Waals surface area contributed by atoms with Gasteiger partial charge in [-0.15, -0.1) is 0 Å². The van der Waals surface area contributed by atoms with Crippen LogP contribution in [0.15, 0.2) is 12.2 Å². The molecule has 4 nitrogen and oxygen atoms in total. The number of aliphatic hydroxyl groups is 2. The summed E-state index contributed by atoms with van der Waals surface area (Å²) >= 11 is 0. The van der Waals surface area contributed by atoms with E-state index in [0.717, 1.165) is 0 Å². The molecule has 1 fully saturated rings. The average Bonchev–Trinajstić information content (AvgIpc) is 2.54. The smallest absolute Gasteiger partial charge is 0.163 e. The molecule has 4 heteroatoms. The highest BCUT2D eigenvalue weighted by atomic mass is 16.7. The molecule has 0 aromatic heterocycles.